The Balaban J connectivity index is 3.96. The number of nitrogens with zero attached hydrogens (tertiary/aromatic N) is 1. The van der Waals surface area contributed by atoms with Crippen LogP contribution in [0.4, 0.5) is 4.79 Å². The quantitative estimate of drug-likeness (QED) is 0.649. The number of rotatable bonds is 7. The summed E-state index contributed by atoms with van der Waals surface area (Å²) in [4.78, 5) is 13.7. The molecule has 2 amide bonds. The van der Waals surface area contributed by atoms with Crippen molar-refractivity contribution in [2.45, 2.75) is 59.4 Å². The van der Waals surface area contributed by atoms with Gasteiger partial charge >= 0.3 is 6.03 Å². The molecule has 0 rings (SSSR count). The second-order valence-corrected chi connectivity index (χ2v) is 4.23. The summed E-state index contributed by atoms with van der Waals surface area (Å²) >= 11 is 0. The van der Waals surface area contributed by atoms with Crippen LogP contribution in [0.3, 0.4) is 0 Å². The molecule has 0 fully saturated rings. The van der Waals surface area contributed by atoms with E-state index in [-0.39, 0.29) is 6.03 Å². The predicted octanol–water partition coefficient (Wildman–Crippen LogP) is 3.01. The third-order valence-electron chi connectivity index (χ3n) is 2.41. The van der Waals surface area contributed by atoms with Gasteiger partial charge in [0, 0.05) is 19.1 Å². The largest absolute Gasteiger partial charge is 0.338 e. The lowest BCUT2D eigenvalue weighted by molar-refractivity contribution is 0.182. The summed E-state index contributed by atoms with van der Waals surface area (Å²) in [6.07, 6.45) is 4.49. The van der Waals surface area contributed by atoms with Gasteiger partial charge in [-0.1, -0.05) is 26.7 Å². The molecule has 0 aliphatic rings. The molecule has 0 aliphatic heterocycles. The maximum Gasteiger partial charge on any atom is 0.317 e. The number of hydrogen-bond acceptors (Lipinski definition) is 1. The lowest BCUT2D eigenvalue weighted by atomic mass is 10.2. The molecule has 0 bridgehead atoms. The summed E-state index contributed by atoms with van der Waals surface area (Å²) in [5.41, 5.74) is 0. The van der Waals surface area contributed by atoms with Gasteiger partial charge in [-0.15, -0.1) is 0 Å². The lowest BCUT2D eigenvalue weighted by Gasteiger charge is -2.26. The van der Waals surface area contributed by atoms with Crippen molar-refractivity contribution in [3.8, 4) is 0 Å². The summed E-state index contributed by atoms with van der Waals surface area (Å²) in [6, 6.07) is 0.377. The number of nitrogens with one attached hydrogen (secondary N) is 1. The molecule has 15 heavy (non-hydrogen) atoms. The van der Waals surface area contributed by atoms with Crippen molar-refractivity contribution in [2.24, 2.45) is 0 Å². The number of amides is 2. The maximum absolute atomic E-state index is 11.8. The highest BCUT2D eigenvalue weighted by molar-refractivity contribution is 5.74. The molecule has 0 spiro atoms. The second-order valence-electron chi connectivity index (χ2n) is 4.23. The van der Waals surface area contributed by atoms with Crippen LogP contribution in [0.1, 0.15) is 53.4 Å². The molecule has 1 N–H and O–H groups in total. The van der Waals surface area contributed by atoms with Crippen molar-refractivity contribution in [3.05, 3.63) is 0 Å². The van der Waals surface area contributed by atoms with Crippen LogP contribution < -0.4 is 5.32 Å². The van der Waals surface area contributed by atoms with Crippen LogP contribution in [0.15, 0.2) is 0 Å². The number of unbranched alkanes of at least 4 members (excludes halogenated alkanes) is 2. The number of urea groups is 1. The fourth-order valence-corrected chi connectivity index (χ4v) is 1.46. The van der Waals surface area contributed by atoms with Gasteiger partial charge in [0.15, 0.2) is 0 Å². The van der Waals surface area contributed by atoms with Crippen molar-refractivity contribution in [3.63, 3.8) is 0 Å². The SMILES string of the molecule is CCCCCN(C(=O)NCCC)C(C)C. The van der Waals surface area contributed by atoms with Crippen LogP contribution >= 0.6 is 0 Å². The summed E-state index contributed by atoms with van der Waals surface area (Å²) in [7, 11) is 0. The zero-order valence-corrected chi connectivity index (χ0v) is 10.7. The fourth-order valence-electron chi connectivity index (χ4n) is 1.46. The first kappa shape index (κ1) is 14.3. The number of hydrogen-bond donors (Lipinski definition) is 1. The summed E-state index contributed by atoms with van der Waals surface area (Å²) in [5, 5.41) is 2.93. The Morgan fingerprint density at radius 3 is 2.33 bits per heavy atom. The predicted molar refractivity (Wildman–Crippen MR) is 65.1 cm³/mol. The minimum atomic E-state index is 0.0861. The molecule has 0 radical (unpaired) electrons. The van der Waals surface area contributed by atoms with Crippen molar-refractivity contribution in [1.82, 2.24) is 10.2 Å². The second kappa shape index (κ2) is 8.57. The molecular formula is C12H26N2O. The van der Waals surface area contributed by atoms with E-state index in [0.29, 0.717) is 6.04 Å². The van der Waals surface area contributed by atoms with Crippen molar-refractivity contribution < 1.29 is 4.79 Å². The van der Waals surface area contributed by atoms with Gasteiger partial charge in [0.1, 0.15) is 0 Å². The van der Waals surface area contributed by atoms with Crippen molar-refractivity contribution in [1.29, 1.82) is 0 Å². The molecule has 0 heterocycles. The summed E-state index contributed by atoms with van der Waals surface area (Å²) in [6.45, 7) is 10.0. The smallest absolute Gasteiger partial charge is 0.317 e. The first-order valence-electron chi connectivity index (χ1n) is 6.17. The van der Waals surface area contributed by atoms with E-state index in [1.54, 1.807) is 0 Å². The highest BCUT2D eigenvalue weighted by Gasteiger charge is 2.14. The van der Waals surface area contributed by atoms with Crippen LogP contribution in [0.25, 0.3) is 0 Å². The molecule has 0 saturated heterocycles. The molecule has 3 nitrogen and oxygen atoms in total. The van der Waals surface area contributed by atoms with E-state index in [4.69, 9.17) is 0 Å². The minimum absolute atomic E-state index is 0.0861. The Morgan fingerprint density at radius 1 is 1.20 bits per heavy atom. The molecule has 90 valence electrons. The molecule has 0 aromatic rings. The number of carbonyl (C=O) groups excluding carboxylic acids is 1. The van der Waals surface area contributed by atoms with Gasteiger partial charge in [-0.05, 0) is 26.7 Å². The van der Waals surface area contributed by atoms with Gasteiger partial charge in [0.25, 0.3) is 0 Å². The van der Waals surface area contributed by atoms with E-state index < -0.39 is 0 Å². The Morgan fingerprint density at radius 2 is 1.87 bits per heavy atom. The lowest BCUT2D eigenvalue weighted by Crippen LogP contribution is -2.44. The van der Waals surface area contributed by atoms with Gasteiger partial charge < -0.3 is 10.2 Å². The molecule has 0 aromatic heterocycles. The van der Waals surface area contributed by atoms with Crippen LogP contribution in [0.2, 0.25) is 0 Å². The zero-order chi connectivity index (χ0) is 11.7. The standard InChI is InChI=1S/C12H26N2O/c1-5-7-8-10-14(11(3)4)12(15)13-9-6-2/h11H,5-10H2,1-4H3,(H,13,15). The summed E-state index contributed by atoms with van der Waals surface area (Å²) in [5.74, 6) is 0. The Bertz CT molecular complexity index is 169. The van der Waals surface area contributed by atoms with Crippen LogP contribution in [0.5, 0.6) is 0 Å². The van der Waals surface area contributed by atoms with E-state index in [1.165, 1.54) is 12.8 Å². The molecule has 0 aromatic carbocycles. The van der Waals surface area contributed by atoms with E-state index in [0.717, 1.165) is 25.9 Å². The average Bonchev–Trinajstić information content (AvgIpc) is 2.20. The van der Waals surface area contributed by atoms with Gasteiger partial charge in [-0.2, -0.15) is 0 Å². The van der Waals surface area contributed by atoms with E-state index >= 15 is 0 Å². The van der Waals surface area contributed by atoms with Crippen LogP contribution in [0, 0.1) is 0 Å². The van der Waals surface area contributed by atoms with Crippen LogP contribution in [-0.4, -0.2) is 30.1 Å². The van der Waals surface area contributed by atoms with Crippen molar-refractivity contribution >= 4 is 6.03 Å². The molecule has 0 aliphatic carbocycles. The monoisotopic (exact) mass is 214 g/mol. The maximum atomic E-state index is 11.8. The zero-order valence-electron chi connectivity index (χ0n) is 10.7. The third kappa shape index (κ3) is 6.37. The third-order valence-corrected chi connectivity index (χ3v) is 2.41. The van der Waals surface area contributed by atoms with E-state index in [1.807, 2.05) is 4.90 Å². The Labute approximate surface area is 94.2 Å². The van der Waals surface area contributed by atoms with Gasteiger partial charge in [-0.3, -0.25) is 0 Å². The first-order valence-corrected chi connectivity index (χ1v) is 6.17. The molecule has 0 saturated carbocycles. The first-order chi connectivity index (χ1) is 7.13. The molecule has 3 heteroatoms. The highest BCUT2D eigenvalue weighted by atomic mass is 16.2. The van der Waals surface area contributed by atoms with E-state index in [2.05, 4.69) is 33.0 Å². The molecular weight excluding hydrogens is 188 g/mol. The van der Waals surface area contributed by atoms with Gasteiger partial charge in [0.05, 0.1) is 0 Å². The van der Waals surface area contributed by atoms with E-state index in [9.17, 15) is 4.79 Å². The van der Waals surface area contributed by atoms with Gasteiger partial charge in [0.2, 0.25) is 0 Å². The van der Waals surface area contributed by atoms with Crippen molar-refractivity contribution in [2.75, 3.05) is 13.1 Å². The Kier molecular flexibility index (Phi) is 8.15. The van der Waals surface area contributed by atoms with Gasteiger partial charge in [-0.25, -0.2) is 4.79 Å². The molecule has 0 atom stereocenters. The molecule has 0 unspecified atom stereocenters. The average molecular weight is 214 g/mol. The fraction of sp³-hybridized carbons (Fsp3) is 0.917. The normalized spacial score (nSPS) is 10.5. The Hall–Kier alpha value is -0.730. The summed E-state index contributed by atoms with van der Waals surface area (Å²) < 4.78 is 0. The van der Waals surface area contributed by atoms with Crippen LogP contribution in [-0.2, 0) is 0 Å². The minimum Gasteiger partial charge on any atom is -0.338 e. The highest BCUT2D eigenvalue weighted by Crippen LogP contribution is 2.03. The number of carbonyl (C=O) groups is 1. The topological polar surface area (TPSA) is 32.3 Å².